The molecule has 0 aromatic heterocycles. The molecule has 2 unspecified atom stereocenters. The Balaban J connectivity index is -0.00000112. The van der Waals surface area contributed by atoms with E-state index in [1.807, 2.05) is 0 Å². The van der Waals surface area contributed by atoms with E-state index in [9.17, 15) is 0 Å². The fraction of sp³-hybridized carbons (Fsp3) is 1.00. The molecule has 0 amide bonds. The van der Waals surface area contributed by atoms with Gasteiger partial charge < -0.3 is 0 Å². The minimum atomic E-state index is -1.90. The Hall–Kier alpha value is 0.719. The van der Waals surface area contributed by atoms with Crippen LogP contribution in [-0.2, 0) is 68.4 Å². The van der Waals surface area contributed by atoms with Crippen LogP contribution < -0.4 is 0 Å². The van der Waals surface area contributed by atoms with Crippen molar-refractivity contribution in [3.05, 3.63) is 0 Å². The maximum absolute atomic E-state index is 8.52. The zero-order valence-electron chi connectivity index (χ0n) is 10.4. The second-order valence-corrected chi connectivity index (χ2v) is 2.69. The summed E-state index contributed by atoms with van der Waals surface area (Å²) in [6.07, 6.45) is -0.834. The van der Waals surface area contributed by atoms with Crippen molar-refractivity contribution in [2.45, 2.75) is 40.0 Å². The van der Waals surface area contributed by atoms with Crippen LogP contribution in [0, 0.1) is 0 Å². The molecule has 10 heteroatoms. The first-order valence-corrected chi connectivity index (χ1v) is 4.84. The van der Waals surface area contributed by atoms with Crippen LogP contribution in [0.25, 0.3) is 0 Å². The minimum Gasteiger partial charge on any atom is -0.246 e. The van der Waals surface area contributed by atoms with Crippen molar-refractivity contribution in [3.63, 3.8) is 0 Å². The monoisotopic (exact) mass is 368 g/mol. The summed E-state index contributed by atoms with van der Waals surface area (Å²) in [5.74, 6) is -1.90. The van der Waals surface area contributed by atoms with E-state index in [4.69, 9.17) is 5.26 Å². The minimum absolute atomic E-state index is 0. The third-order valence-corrected chi connectivity index (χ3v) is 1.15. The zero-order valence-corrected chi connectivity index (χ0v) is 12.3. The molecule has 1 N–H and O–H groups in total. The van der Waals surface area contributed by atoms with Gasteiger partial charge in [-0.3, -0.25) is 0 Å². The molecule has 8 nitrogen and oxygen atoms in total. The van der Waals surface area contributed by atoms with E-state index in [0.29, 0.717) is 6.61 Å². The van der Waals surface area contributed by atoms with Crippen molar-refractivity contribution >= 4 is 0 Å². The van der Waals surface area contributed by atoms with Gasteiger partial charge in [-0.15, -0.1) is 0 Å². The topological polar surface area (TPSA) is 84.8 Å². The van der Waals surface area contributed by atoms with Crippen LogP contribution in [-0.4, -0.2) is 30.7 Å². The van der Waals surface area contributed by atoms with Crippen LogP contribution in [0.5, 0.6) is 0 Å². The summed E-state index contributed by atoms with van der Waals surface area (Å²) in [6.45, 7) is 6.76. The normalized spacial score (nSPS) is 15.2. The van der Waals surface area contributed by atoms with Gasteiger partial charge in [-0.25, -0.2) is 19.9 Å². The van der Waals surface area contributed by atoms with Gasteiger partial charge in [0.25, 0.3) is 0 Å². The first-order valence-electron chi connectivity index (χ1n) is 4.84. The molecule has 0 aliphatic heterocycles. The fourth-order valence-corrected chi connectivity index (χ4v) is 0.545. The van der Waals surface area contributed by atoms with Gasteiger partial charge in [-0.05, 0) is 20.8 Å². The molecule has 0 aliphatic rings. The van der Waals surface area contributed by atoms with Gasteiger partial charge in [-0.2, -0.15) is 19.6 Å². The predicted molar refractivity (Wildman–Crippen MR) is 49.2 cm³/mol. The van der Waals surface area contributed by atoms with E-state index in [0.717, 1.165) is 0 Å². The van der Waals surface area contributed by atoms with Crippen molar-refractivity contribution in [2.24, 2.45) is 0 Å². The van der Waals surface area contributed by atoms with Gasteiger partial charge in [0.2, 0.25) is 6.29 Å². The van der Waals surface area contributed by atoms with Crippen molar-refractivity contribution in [1.29, 1.82) is 0 Å². The Labute approximate surface area is 127 Å². The van der Waals surface area contributed by atoms with Crippen molar-refractivity contribution in [2.75, 3.05) is 13.2 Å². The molecule has 0 aliphatic carbocycles. The average molecular weight is 369 g/mol. The van der Waals surface area contributed by atoms with Crippen LogP contribution in [0.15, 0.2) is 0 Å². The maximum atomic E-state index is 8.52. The van der Waals surface area contributed by atoms with E-state index in [2.05, 4.69) is 34.2 Å². The molecule has 0 aromatic rings. The zero-order chi connectivity index (χ0) is 12.4. The van der Waals surface area contributed by atoms with Crippen LogP contribution in [0.2, 0.25) is 0 Å². The van der Waals surface area contributed by atoms with Crippen LogP contribution in [0.4, 0.5) is 0 Å². The molecule has 2 radical (unpaired) electrons. The van der Waals surface area contributed by atoms with Gasteiger partial charge in [0.15, 0.2) is 0 Å². The molecular formula is C8H18Cu2O8. The summed E-state index contributed by atoms with van der Waals surface area (Å²) in [4.78, 5) is 31.5. The van der Waals surface area contributed by atoms with Gasteiger partial charge in [0.1, 0.15) is 0 Å². The molecule has 2 atom stereocenters. The van der Waals surface area contributed by atoms with Gasteiger partial charge >= 0.3 is 5.97 Å². The molecule has 0 rings (SSSR count). The summed E-state index contributed by atoms with van der Waals surface area (Å²) < 4.78 is 0. The Bertz CT molecular complexity index is 175. The third kappa shape index (κ3) is 11.8. The predicted octanol–water partition coefficient (Wildman–Crippen LogP) is 1.38. The van der Waals surface area contributed by atoms with Crippen LogP contribution in [0.3, 0.4) is 0 Å². The first kappa shape index (κ1) is 23.8. The first-order chi connectivity index (χ1) is 7.58. The summed E-state index contributed by atoms with van der Waals surface area (Å²) >= 11 is 0. The standard InChI is InChI=1S/C8H18O8.2Cu/c1-5-10-12-7(3)13-16-8(4,14-9)15-11-6-2;;/h7,9H,5-6H2,1-4H3;;. The molecule has 0 saturated carbocycles. The summed E-state index contributed by atoms with van der Waals surface area (Å²) in [6, 6.07) is 0. The van der Waals surface area contributed by atoms with Crippen LogP contribution in [0.1, 0.15) is 27.7 Å². The number of hydrogen-bond acceptors (Lipinski definition) is 8. The Morgan fingerprint density at radius 1 is 1.00 bits per heavy atom. The van der Waals surface area contributed by atoms with Gasteiger partial charge in [0.05, 0.1) is 13.2 Å². The second-order valence-electron chi connectivity index (χ2n) is 2.69. The second kappa shape index (κ2) is 14.1. The Kier molecular flexibility index (Phi) is 18.7. The van der Waals surface area contributed by atoms with Crippen molar-refractivity contribution < 1.29 is 73.6 Å². The largest absolute Gasteiger partial charge is 0.362 e. The summed E-state index contributed by atoms with van der Waals surface area (Å²) in [5, 5.41) is 8.52. The molecular weight excluding hydrogens is 351 g/mol. The fourth-order valence-electron chi connectivity index (χ4n) is 0.545. The van der Waals surface area contributed by atoms with Crippen molar-refractivity contribution in [3.8, 4) is 0 Å². The van der Waals surface area contributed by atoms with E-state index in [1.165, 1.54) is 13.8 Å². The van der Waals surface area contributed by atoms with Gasteiger partial charge in [0, 0.05) is 41.1 Å². The molecule has 0 bridgehead atoms. The summed E-state index contributed by atoms with van der Waals surface area (Å²) in [7, 11) is 0. The molecule has 120 valence electrons. The van der Waals surface area contributed by atoms with Crippen LogP contribution >= 0.6 is 0 Å². The van der Waals surface area contributed by atoms with E-state index < -0.39 is 12.3 Å². The molecule has 0 aromatic carbocycles. The Morgan fingerprint density at radius 3 is 2.00 bits per heavy atom. The molecule has 0 heterocycles. The van der Waals surface area contributed by atoms with E-state index >= 15 is 0 Å². The quantitative estimate of drug-likeness (QED) is 0.268. The molecule has 0 spiro atoms. The average Bonchev–Trinajstić information content (AvgIpc) is 2.31. The molecule has 18 heavy (non-hydrogen) atoms. The van der Waals surface area contributed by atoms with Gasteiger partial charge in [-0.1, -0.05) is 0 Å². The number of rotatable bonds is 10. The third-order valence-electron chi connectivity index (χ3n) is 1.15. The Morgan fingerprint density at radius 2 is 1.56 bits per heavy atom. The molecule has 0 fully saturated rings. The van der Waals surface area contributed by atoms with E-state index in [1.54, 1.807) is 13.8 Å². The van der Waals surface area contributed by atoms with E-state index in [-0.39, 0.29) is 40.7 Å². The SMILES string of the molecule is CCOOC(C)OOC(C)(OO)OOCC.[Cu].[Cu]. The smallest absolute Gasteiger partial charge is 0.246 e. The van der Waals surface area contributed by atoms with Crippen molar-refractivity contribution in [1.82, 2.24) is 0 Å². The molecule has 0 saturated heterocycles. The number of hydrogen-bond donors (Lipinski definition) is 1. The maximum Gasteiger partial charge on any atom is 0.362 e. The summed E-state index contributed by atoms with van der Waals surface area (Å²) in [5.41, 5.74) is 0.